The topological polar surface area (TPSA) is 110 Å². The first-order valence-electron chi connectivity index (χ1n) is 8.50. The second kappa shape index (κ2) is 6.73. The zero-order valence-corrected chi connectivity index (χ0v) is 15.0. The summed E-state index contributed by atoms with van der Waals surface area (Å²) in [5.74, 6) is 0.608. The van der Waals surface area contributed by atoms with Gasteiger partial charge in [0.05, 0.1) is 30.2 Å². The van der Waals surface area contributed by atoms with Crippen molar-refractivity contribution >= 4 is 29.0 Å². The van der Waals surface area contributed by atoms with Crippen LogP contribution in [0.2, 0.25) is 6.82 Å². The van der Waals surface area contributed by atoms with Gasteiger partial charge in [-0.15, -0.1) is 0 Å². The van der Waals surface area contributed by atoms with Crippen molar-refractivity contribution in [2.45, 2.75) is 6.82 Å². The number of methoxy groups -OCH3 is 1. The standard InChI is InChI=1S/C19H18BN5O2/c1-20(26)15-8-13(14(9-19(15)27-2)17-5-6-22-24-17)11-3-4-12-16(21)10-23-25-18(12)7-11/h3-10,26H,1-2H3,(H2,21,25)(H,22,24). The lowest BCUT2D eigenvalue weighted by atomic mass is 9.63. The minimum absolute atomic E-state index is 0.582. The number of nitrogen functional groups attached to an aromatic ring is 1. The summed E-state index contributed by atoms with van der Waals surface area (Å²) in [5.41, 5.74) is 11.5. The molecular formula is C19H18BN5O2. The molecule has 134 valence electrons. The van der Waals surface area contributed by atoms with Gasteiger partial charge in [-0.2, -0.15) is 15.3 Å². The van der Waals surface area contributed by atoms with Crippen LogP contribution in [0.25, 0.3) is 33.3 Å². The fourth-order valence-corrected chi connectivity index (χ4v) is 3.21. The predicted octanol–water partition coefficient (Wildman–Crippen LogP) is 2.10. The Bertz CT molecular complexity index is 1110. The second-order valence-corrected chi connectivity index (χ2v) is 6.31. The lowest BCUT2D eigenvalue weighted by Crippen LogP contribution is -2.28. The molecule has 0 atom stereocenters. The minimum atomic E-state index is -0.678. The number of rotatable bonds is 4. The van der Waals surface area contributed by atoms with Crippen molar-refractivity contribution in [3.63, 3.8) is 0 Å². The van der Waals surface area contributed by atoms with Crippen LogP contribution in [0.15, 0.2) is 48.8 Å². The van der Waals surface area contributed by atoms with Crippen molar-refractivity contribution in [2.75, 3.05) is 12.8 Å². The molecule has 4 N–H and O–H groups in total. The molecule has 2 heterocycles. The summed E-state index contributed by atoms with van der Waals surface area (Å²) in [4.78, 5) is 0. The monoisotopic (exact) mass is 359 g/mol. The van der Waals surface area contributed by atoms with Crippen molar-refractivity contribution < 1.29 is 9.76 Å². The fourth-order valence-electron chi connectivity index (χ4n) is 3.21. The summed E-state index contributed by atoms with van der Waals surface area (Å²) >= 11 is 0. The van der Waals surface area contributed by atoms with Crippen LogP contribution in [0.5, 0.6) is 5.75 Å². The van der Waals surface area contributed by atoms with E-state index in [4.69, 9.17) is 10.5 Å². The highest BCUT2D eigenvalue weighted by Gasteiger charge is 2.20. The molecule has 4 rings (SSSR count). The molecule has 2 aromatic carbocycles. The van der Waals surface area contributed by atoms with Gasteiger partial charge in [-0.25, -0.2) is 0 Å². The number of ether oxygens (including phenoxy) is 1. The average Bonchev–Trinajstić information content (AvgIpc) is 3.21. The molecule has 4 aromatic rings. The molecule has 0 radical (unpaired) electrons. The van der Waals surface area contributed by atoms with Crippen molar-refractivity contribution in [3.8, 4) is 28.1 Å². The molecule has 8 heteroatoms. The molecule has 2 aromatic heterocycles. The minimum Gasteiger partial charge on any atom is -0.497 e. The predicted molar refractivity (Wildman–Crippen MR) is 107 cm³/mol. The fraction of sp³-hybridized carbons (Fsp3) is 0.105. The third-order valence-electron chi connectivity index (χ3n) is 4.58. The number of aromatic amines is 1. The van der Waals surface area contributed by atoms with E-state index < -0.39 is 6.92 Å². The van der Waals surface area contributed by atoms with Crippen molar-refractivity contribution in [2.24, 2.45) is 0 Å². The number of hydrogen-bond donors (Lipinski definition) is 3. The van der Waals surface area contributed by atoms with E-state index in [9.17, 15) is 5.02 Å². The number of nitrogens with two attached hydrogens (primary N) is 1. The van der Waals surface area contributed by atoms with E-state index in [2.05, 4.69) is 20.4 Å². The highest BCUT2D eigenvalue weighted by molar-refractivity contribution is 6.66. The first-order valence-corrected chi connectivity index (χ1v) is 8.50. The van der Waals surface area contributed by atoms with Crippen LogP contribution in [-0.4, -0.2) is 39.4 Å². The Kier molecular flexibility index (Phi) is 4.25. The second-order valence-electron chi connectivity index (χ2n) is 6.31. The SMILES string of the molecule is COc1cc(-c2cc[nH]n2)c(-c2ccc3c(N)cnnc3c2)cc1B(C)O. The largest absolute Gasteiger partial charge is 0.497 e. The van der Waals surface area contributed by atoms with Crippen LogP contribution < -0.4 is 15.9 Å². The number of anilines is 1. The van der Waals surface area contributed by atoms with E-state index >= 15 is 0 Å². The van der Waals surface area contributed by atoms with Gasteiger partial charge in [0.25, 0.3) is 0 Å². The zero-order chi connectivity index (χ0) is 19.0. The Morgan fingerprint density at radius 3 is 2.70 bits per heavy atom. The summed E-state index contributed by atoms with van der Waals surface area (Å²) in [6, 6.07) is 11.5. The number of hydrogen-bond acceptors (Lipinski definition) is 6. The summed E-state index contributed by atoms with van der Waals surface area (Å²) in [6.07, 6.45) is 3.30. The van der Waals surface area contributed by atoms with Crippen LogP contribution in [0, 0.1) is 0 Å². The quantitative estimate of drug-likeness (QED) is 0.482. The number of nitrogens with zero attached hydrogens (tertiary/aromatic N) is 3. The van der Waals surface area contributed by atoms with E-state index in [1.54, 1.807) is 20.1 Å². The smallest absolute Gasteiger partial charge is 0.324 e. The lowest BCUT2D eigenvalue weighted by molar-refractivity contribution is 0.417. The number of aromatic nitrogens is 4. The van der Waals surface area contributed by atoms with Crippen LogP contribution in [0.3, 0.4) is 0 Å². The van der Waals surface area contributed by atoms with Gasteiger partial charge in [0.15, 0.2) is 0 Å². The van der Waals surface area contributed by atoms with E-state index in [0.717, 1.165) is 27.8 Å². The third-order valence-corrected chi connectivity index (χ3v) is 4.58. The summed E-state index contributed by atoms with van der Waals surface area (Å²) < 4.78 is 5.49. The van der Waals surface area contributed by atoms with Crippen molar-refractivity contribution in [1.82, 2.24) is 20.4 Å². The molecule has 0 fully saturated rings. The Morgan fingerprint density at radius 1 is 1.15 bits per heavy atom. The van der Waals surface area contributed by atoms with Gasteiger partial charge in [0.2, 0.25) is 0 Å². The average molecular weight is 359 g/mol. The van der Waals surface area contributed by atoms with Gasteiger partial charge in [-0.3, -0.25) is 5.10 Å². The van der Waals surface area contributed by atoms with Gasteiger partial charge in [0.1, 0.15) is 5.75 Å². The van der Waals surface area contributed by atoms with E-state index in [1.165, 1.54) is 6.20 Å². The maximum atomic E-state index is 10.2. The molecule has 0 spiro atoms. The maximum absolute atomic E-state index is 10.2. The number of benzene rings is 2. The van der Waals surface area contributed by atoms with Crippen molar-refractivity contribution in [1.29, 1.82) is 0 Å². The Balaban J connectivity index is 1.99. The highest BCUT2D eigenvalue weighted by atomic mass is 16.5. The Labute approximate surface area is 156 Å². The highest BCUT2D eigenvalue weighted by Crippen LogP contribution is 2.35. The summed E-state index contributed by atoms with van der Waals surface area (Å²) in [6.45, 7) is 1.03. The van der Waals surface area contributed by atoms with Gasteiger partial charge in [-0.05, 0) is 40.9 Å². The summed E-state index contributed by atoms with van der Waals surface area (Å²) in [7, 11) is 1.59. The van der Waals surface area contributed by atoms with E-state index in [0.29, 0.717) is 22.4 Å². The maximum Gasteiger partial charge on any atom is 0.324 e. The van der Waals surface area contributed by atoms with Crippen molar-refractivity contribution in [3.05, 3.63) is 48.8 Å². The molecule has 0 aliphatic carbocycles. The first-order chi connectivity index (χ1) is 13.1. The van der Waals surface area contributed by atoms with E-state index in [1.807, 2.05) is 36.4 Å². The number of nitrogens with one attached hydrogen (secondary N) is 1. The van der Waals surface area contributed by atoms with Gasteiger partial charge < -0.3 is 15.5 Å². The Hall–Kier alpha value is -3.39. The van der Waals surface area contributed by atoms with Crippen LogP contribution >= 0.6 is 0 Å². The first kappa shape index (κ1) is 17.1. The Morgan fingerprint density at radius 2 is 2.00 bits per heavy atom. The zero-order valence-electron chi connectivity index (χ0n) is 15.0. The molecule has 0 unspecified atom stereocenters. The lowest BCUT2D eigenvalue weighted by Gasteiger charge is -2.16. The van der Waals surface area contributed by atoms with Crippen LogP contribution in [-0.2, 0) is 0 Å². The van der Waals surface area contributed by atoms with Crippen LogP contribution in [0.1, 0.15) is 0 Å². The summed E-state index contributed by atoms with van der Waals surface area (Å²) in [5, 5.41) is 26.3. The number of fused-ring (bicyclic) bond motifs is 1. The molecule has 0 amide bonds. The molecule has 27 heavy (non-hydrogen) atoms. The molecular weight excluding hydrogens is 341 g/mol. The van der Waals surface area contributed by atoms with Crippen LogP contribution in [0.4, 0.5) is 5.69 Å². The molecule has 0 aliphatic heterocycles. The molecule has 0 bridgehead atoms. The van der Waals surface area contributed by atoms with Gasteiger partial charge in [0, 0.05) is 17.1 Å². The third kappa shape index (κ3) is 3.00. The van der Waals surface area contributed by atoms with Gasteiger partial charge >= 0.3 is 6.92 Å². The molecule has 0 saturated heterocycles. The number of H-pyrrole nitrogens is 1. The van der Waals surface area contributed by atoms with E-state index in [-0.39, 0.29) is 0 Å². The molecule has 0 saturated carbocycles. The molecule has 0 aliphatic rings. The molecule has 7 nitrogen and oxygen atoms in total. The normalized spacial score (nSPS) is 10.9. The van der Waals surface area contributed by atoms with Gasteiger partial charge in [-0.1, -0.05) is 19.0 Å².